The number of hydrogen-bond donors (Lipinski definition) is 2. The van der Waals surface area contributed by atoms with Crippen LogP contribution in [0.5, 0.6) is 0 Å². The van der Waals surface area contributed by atoms with Crippen LogP contribution in [0.15, 0.2) is 12.2 Å². The van der Waals surface area contributed by atoms with Gasteiger partial charge in [0.1, 0.15) is 6.61 Å². The molecule has 0 radical (unpaired) electrons. The molecule has 89 heavy (non-hydrogen) atoms. The zero-order valence-corrected chi connectivity index (χ0v) is 60.9. The van der Waals surface area contributed by atoms with Crippen LogP contribution in [0.25, 0.3) is 0 Å². The Kier molecular flexibility index (Phi) is 74.7. The highest BCUT2D eigenvalue weighted by Gasteiger charge is 2.26. The van der Waals surface area contributed by atoms with Gasteiger partial charge in [0.15, 0.2) is 6.10 Å². The van der Waals surface area contributed by atoms with Crippen LogP contribution in [0.2, 0.25) is 0 Å². The third-order valence-corrected chi connectivity index (χ3v) is 19.6. The van der Waals surface area contributed by atoms with E-state index in [-0.39, 0.29) is 38.6 Å². The lowest BCUT2D eigenvalue weighted by atomic mass is 10.0. The van der Waals surface area contributed by atoms with Gasteiger partial charge < -0.3 is 20.1 Å². The second-order valence-electron chi connectivity index (χ2n) is 27.7. The maximum absolute atomic E-state index is 12.8. The molecule has 0 spiro atoms. The lowest BCUT2D eigenvalue weighted by molar-refractivity contribution is -0.161. The van der Waals surface area contributed by atoms with E-state index in [1.165, 1.54) is 385 Å². The van der Waals surface area contributed by atoms with Crippen LogP contribution in [0.3, 0.4) is 0 Å². The molecule has 0 bridgehead atoms. The minimum atomic E-state index is -4.39. The van der Waals surface area contributed by atoms with Crippen LogP contribution in [0.4, 0.5) is 0 Å². The molecular formula is C79H156NO8P. The smallest absolute Gasteiger partial charge is 0.462 e. The van der Waals surface area contributed by atoms with Crippen molar-refractivity contribution in [2.45, 2.75) is 457 Å². The number of carbonyl (C=O) groups is 2. The quantitative estimate of drug-likeness (QED) is 0.0264. The highest BCUT2D eigenvalue weighted by atomic mass is 31.2. The first-order valence-corrected chi connectivity index (χ1v) is 41.7. The summed E-state index contributed by atoms with van der Waals surface area (Å²) in [5.74, 6) is -0.796. The highest BCUT2D eigenvalue weighted by Crippen LogP contribution is 2.43. The Morgan fingerprint density at radius 1 is 0.326 bits per heavy atom. The molecule has 0 aliphatic heterocycles. The van der Waals surface area contributed by atoms with Gasteiger partial charge in [-0.3, -0.25) is 18.6 Å². The van der Waals surface area contributed by atoms with E-state index in [0.29, 0.717) is 6.42 Å². The first-order chi connectivity index (χ1) is 43.8. The van der Waals surface area contributed by atoms with Gasteiger partial charge in [-0.1, -0.05) is 411 Å². The molecule has 9 nitrogen and oxygen atoms in total. The highest BCUT2D eigenvalue weighted by molar-refractivity contribution is 7.47. The topological polar surface area (TPSA) is 134 Å². The maximum Gasteiger partial charge on any atom is 0.472 e. The van der Waals surface area contributed by atoms with Crippen LogP contribution >= 0.6 is 7.82 Å². The molecule has 0 rings (SSSR count). The van der Waals surface area contributed by atoms with E-state index in [2.05, 4.69) is 26.0 Å². The van der Waals surface area contributed by atoms with Gasteiger partial charge in [0.25, 0.3) is 0 Å². The largest absolute Gasteiger partial charge is 0.472 e. The summed E-state index contributed by atoms with van der Waals surface area (Å²) in [5.41, 5.74) is 5.42. The van der Waals surface area contributed by atoms with Crippen LogP contribution in [0, 0.1) is 0 Å². The van der Waals surface area contributed by atoms with Crippen molar-refractivity contribution in [1.29, 1.82) is 0 Å². The number of hydrogen-bond acceptors (Lipinski definition) is 8. The van der Waals surface area contributed by atoms with Crippen LogP contribution in [-0.4, -0.2) is 49.3 Å². The molecule has 0 aliphatic carbocycles. The Bertz CT molecular complexity index is 1460. The molecular weight excluding hydrogens is 1120 g/mol. The van der Waals surface area contributed by atoms with Crippen molar-refractivity contribution in [3.63, 3.8) is 0 Å². The normalized spacial score (nSPS) is 12.8. The van der Waals surface area contributed by atoms with Gasteiger partial charge >= 0.3 is 19.8 Å². The first kappa shape index (κ1) is 87.8. The zero-order chi connectivity index (χ0) is 64.4. The summed E-state index contributed by atoms with van der Waals surface area (Å²) in [4.78, 5) is 35.5. The number of unbranched alkanes of at least 4 members (excludes halogenated alkanes) is 63. The summed E-state index contributed by atoms with van der Waals surface area (Å²) in [6, 6.07) is 0. The van der Waals surface area contributed by atoms with E-state index in [0.717, 1.165) is 32.1 Å². The maximum atomic E-state index is 12.8. The average molecular weight is 1280 g/mol. The fourth-order valence-corrected chi connectivity index (χ4v) is 13.5. The lowest BCUT2D eigenvalue weighted by Gasteiger charge is -2.19. The van der Waals surface area contributed by atoms with Gasteiger partial charge in [-0.25, -0.2) is 4.57 Å². The SMILES string of the molecule is CCCCCCCCCC/C=C\CCCCCCCCCCCCCCCCCCCCCCCCCC(=O)OC(COC(=O)CCCCCCCCCCCCCCCCCCCCCCCCCCCCCCCCCCC)COP(=O)(O)OCCN. The molecule has 0 aromatic carbocycles. The van der Waals surface area contributed by atoms with E-state index >= 15 is 0 Å². The van der Waals surface area contributed by atoms with Crippen molar-refractivity contribution in [1.82, 2.24) is 0 Å². The Balaban J connectivity index is 3.73. The van der Waals surface area contributed by atoms with Crippen molar-refractivity contribution in [3.05, 3.63) is 12.2 Å². The lowest BCUT2D eigenvalue weighted by Crippen LogP contribution is -2.29. The standard InChI is InChI=1S/C79H156NO8P/c1-3-5-7-9-11-13-15-17-19-21-23-25-27-29-31-33-35-37-38-40-42-44-46-48-50-52-54-56-58-60-62-64-66-68-70-72-79(82)88-77(76-87-89(83,84)86-74-73-80)75-85-78(81)71-69-67-65-63-61-59-57-55-53-51-49-47-45-43-41-39-36-34-32-30-28-26-24-22-20-18-16-14-12-10-8-6-4-2/h21,23,77H,3-20,22,24-76,80H2,1-2H3,(H,83,84)/b23-21-. The molecule has 3 N–H and O–H groups in total. The summed E-state index contributed by atoms with van der Waals surface area (Å²) in [6.07, 6.45) is 93.7. The third kappa shape index (κ3) is 75.7. The number of phosphoric ester groups is 1. The minimum absolute atomic E-state index is 0.0582. The van der Waals surface area contributed by atoms with Crippen molar-refractivity contribution >= 4 is 19.8 Å². The Morgan fingerprint density at radius 3 is 0.798 bits per heavy atom. The van der Waals surface area contributed by atoms with E-state index in [4.69, 9.17) is 24.3 Å². The van der Waals surface area contributed by atoms with Crippen molar-refractivity contribution in [3.8, 4) is 0 Å². The predicted molar refractivity (Wildman–Crippen MR) is 386 cm³/mol. The number of nitrogens with two attached hydrogens (primary N) is 1. The van der Waals surface area contributed by atoms with Crippen LogP contribution in [-0.2, 0) is 32.7 Å². The number of allylic oxidation sites excluding steroid dienone is 2. The number of esters is 2. The monoisotopic (exact) mass is 1280 g/mol. The Morgan fingerprint density at radius 2 is 0.551 bits per heavy atom. The molecule has 2 atom stereocenters. The molecule has 0 aromatic rings. The van der Waals surface area contributed by atoms with Crippen LogP contribution < -0.4 is 5.73 Å². The van der Waals surface area contributed by atoms with E-state index in [9.17, 15) is 19.0 Å². The Labute approximate surface area is 555 Å². The van der Waals surface area contributed by atoms with Gasteiger partial charge in [-0.15, -0.1) is 0 Å². The molecule has 0 aliphatic rings. The summed E-state index contributed by atoms with van der Waals surface area (Å²) < 4.78 is 33.3. The fraction of sp³-hybridized carbons (Fsp3) is 0.949. The molecule has 10 heteroatoms. The summed E-state index contributed by atoms with van der Waals surface area (Å²) >= 11 is 0. The van der Waals surface area contributed by atoms with Gasteiger partial charge in [0, 0.05) is 19.4 Å². The Hall–Kier alpha value is -1.25. The fourth-order valence-electron chi connectivity index (χ4n) is 12.7. The van der Waals surface area contributed by atoms with E-state index < -0.39 is 26.5 Å². The van der Waals surface area contributed by atoms with E-state index in [1.807, 2.05) is 0 Å². The van der Waals surface area contributed by atoms with Crippen molar-refractivity contribution in [2.75, 3.05) is 26.4 Å². The molecule has 0 saturated carbocycles. The summed E-state index contributed by atoms with van der Waals surface area (Å²) in [5, 5.41) is 0. The van der Waals surface area contributed by atoms with Gasteiger partial charge in [-0.05, 0) is 38.5 Å². The first-order valence-electron chi connectivity index (χ1n) is 40.2. The molecule has 530 valence electrons. The third-order valence-electron chi connectivity index (χ3n) is 18.7. The van der Waals surface area contributed by atoms with Gasteiger partial charge in [-0.2, -0.15) is 0 Å². The second-order valence-corrected chi connectivity index (χ2v) is 29.1. The predicted octanol–water partition coefficient (Wildman–Crippen LogP) is 26.7. The number of rotatable bonds is 78. The molecule has 2 unspecified atom stereocenters. The second kappa shape index (κ2) is 75.8. The molecule has 0 saturated heterocycles. The van der Waals surface area contributed by atoms with Crippen molar-refractivity contribution < 1.29 is 37.6 Å². The number of carbonyl (C=O) groups excluding carboxylic acids is 2. The molecule has 0 fully saturated rings. The number of ether oxygens (including phenoxy) is 2. The summed E-state index contributed by atoms with van der Waals surface area (Å²) in [7, 11) is -4.39. The molecule has 0 heterocycles. The van der Waals surface area contributed by atoms with Crippen LogP contribution in [0.1, 0.15) is 450 Å². The number of phosphoric acid groups is 1. The average Bonchev–Trinajstić information content (AvgIpc) is 3.66. The van der Waals surface area contributed by atoms with E-state index in [1.54, 1.807) is 0 Å². The molecule has 0 amide bonds. The van der Waals surface area contributed by atoms with Gasteiger partial charge in [0.2, 0.25) is 0 Å². The zero-order valence-electron chi connectivity index (χ0n) is 60.0. The van der Waals surface area contributed by atoms with Gasteiger partial charge in [0.05, 0.1) is 13.2 Å². The summed E-state index contributed by atoms with van der Waals surface area (Å²) in [6.45, 7) is 3.85. The van der Waals surface area contributed by atoms with Crippen molar-refractivity contribution in [2.24, 2.45) is 5.73 Å². The minimum Gasteiger partial charge on any atom is -0.462 e. The molecule has 0 aromatic heterocycles.